The standard InChI is InChI=1S/C46H49IN2O8Si/c1-6-29(22-30-23-38(47)43(50)40(24-30)55-5)20-21-39-41-31(27-57-58(46(2,3)4,34-16-9-7-10-17-34)35-18-11-8-12-19-35)25-36-42(37(41)28-56-39)45(52)48(44(36)51)32-14-13-15-33(26-32)49(53)54/h7-19,22-24,26,36-37,39,42,50H,6,20-21,25,27-28H2,1-5H3/b29-22+/t36-,37+,39-,42-/m1/s1. The average Bonchev–Trinajstić information content (AvgIpc) is 3.75. The molecule has 2 aliphatic heterocycles. The lowest BCUT2D eigenvalue weighted by Gasteiger charge is -2.44. The summed E-state index contributed by atoms with van der Waals surface area (Å²) in [6, 6.07) is 30.4. The minimum atomic E-state index is -2.99. The van der Waals surface area contributed by atoms with Gasteiger partial charge in [0.25, 0.3) is 14.0 Å². The van der Waals surface area contributed by atoms with Gasteiger partial charge in [-0.1, -0.05) is 106 Å². The van der Waals surface area contributed by atoms with E-state index in [1.54, 1.807) is 6.07 Å². The zero-order chi connectivity index (χ0) is 41.4. The van der Waals surface area contributed by atoms with E-state index in [1.165, 1.54) is 30.9 Å². The van der Waals surface area contributed by atoms with E-state index in [4.69, 9.17) is 13.9 Å². The maximum atomic E-state index is 14.4. The number of hydrogen-bond acceptors (Lipinski definition) is 8. The van der Waals surface area contributed by atoms with Crippen LogP contribution in [0.25, 0.3) is 6.08 Å². The molecule has 1 N–H and O–H groups in total. The number of rotatable bonds is 13. The van der Waals surface area contributed by atoms with Gasteiger partial charge in [-0.3, -0.25) is 19.7 Å². The summed E-state index contributed by atoms with van der Waals surface area (Å²) in [7, 11) is -1.45. The summed E-state index contributed by atoms with van der Waals surface area (Å²) < 4.78 is 20.2. The van der Waals surface area contributed by atoms with E-state index in [0.717, 1.165) is 44.8 Å². The molecule has 4 aromatic carbocycles. The van der Waals surface area contributed by atoms with Crippen LogP contribution in [-0.2, 0) is 18.8 Å². The average molecular weight is 913 g/mol. The molecule has 7 rings (SSSR count). The van der Waals surface area contributed by atoms with Gasteiger partial charge in [-0.15, -0.1) is 0 Å². The molecule has 0 saturated carbocycles. The number of ether oxygens (including phenoxy) is 2. The first kappa shape index (κ1) is 41.5. The Bertz CT molecular complexity index is 2230. The fourth-order valence-corrected chi connectivity index (χ4v) is 14.5. The van der Waals surface area contributed by atoms with E-state index < -0.39 is 25.1 Å². The summed E-state index contributed by atoms with van der Waals surface area (Å²) >= 11 is 2.10. The molecular formula is C46H49IN2O8Si. The molecule has 58 heavy (non-hydrogen) atoms. The predicted octanol–water partition coefficient (Wildman–Crippen LogP) is 8.58. The topological polar surface area (TPSA) is 128 Å². The molecule has 0 aromatic heterocycles. The number of halogens is 1. The Hall–Kier alpha value is -4.63. The van der Waals surface area contributed by atoms with Crippen molar-refractivity contribution < 1.29 is 33.5 Å². The van der Waals surface area contributed by atoms with Crippen molar-refractivity contribution in [3.05, 3.63) is 133 Å². The number of benzene rings is 4. The molecule has 0 spiro atoms. The molecule has 302 valence electrons. The number of amides is 2. The van der Waals surface area contributed by atoms with Crippen molar-refractivity contribution in [3.8, 4) is 11.5 Å². The van der Waals surface area contributed by atoms with Gasteiger partial charge in [0, 0.05) is 18.1 Å². The van der Waals surface area contributed by atoms with Crippen LogP contribution in [0, 0.1) is 31.4 Å². The van der Waals surface area contributed by atoms with Gasteiger partial charge in [0.1, 0.15) is 0 Å². The number of hydrogen-bond donors (Lipinski definition) is 1. The van der Waals surface area contributed by atoms with Crippen molar-refractivity contribution in [2.45, 2.75) is 64.5 Å². The number of nitro groups is 1. The van der Waals surface area contributed by atoms with Crippen molar-refractivity contribution in [2.75, 3.05) is 25.2 Å². The highest BCUT2D eigenvalue weighted by atomic mass is 127. The number of allylic oxidation sites excluding steroid dienone is 1. The Morgan fingerprint density at radius 2 is 1.66 bits per heavy atom. The number of phenols is 1. The van der Waals surface area contributed by atoms with Gasteiger partial charge in [-0.2, -0.15) is 0 Å². The molecule has 0 bridgehead atoms. The second-order valence-corrected chi connectivity index (χ2v) is 21.8. The zero-order valence-corrected chi connectivity index (χ0v) is 36.6. The molecule has 1 aliphatic carbocycles. The number of anilines is 1. The van der Waals surface area contributed by atoms with Crippen molar-refractivity contribution in [1.82, 2.24) is 0 Å². The van der Waals surface area contributed by atoms with Gasteiger partial charge < -0.3 is 19.0 Å². The Labute approximate surface area is 354 Å². The number of carbonyl (C=O) groups excluding carboxylic acids is 2. The second-order valence-electron chi connectivity index (χ2n) is 16.3. The van der Waals surface area contributed by atoms with Crippen LogP contribution >= 0.6 is 22.6 Å². The first-order valence-corrected chi connectivity index (χ1v) is 22.7. The molecule has 3 aliphatic rings. The van der Waals surface area contributed by atoms with Crippen LogP contribution in [-0.4, -0.2) is 56.6 Å². The van der Waals surface area contributed by atoms with Crippen LogP contribution in [0.4, 0.5) is 11.4 Å². The summed E-state index contributed by atoms with van der Waals surface area (Å²) in [6.07, 6.45) is 4.34. The van der Waals surface area contributed by atoms with Crippen molar-refractivity contribution >= 4 is 70.5 Å². The maximum absolute atomic E-state index is 14.4. The normalized spacial score (nSPS) is 21.0. The van der Waals surface area contributed by atoms with Gasteiger partial charge in [-0.05, 0) is 98.6 Å². The van der Waals surface area contributed by atoms with Crippen LogP contribution in [0.1, 0.15) is 58.9 Å². The Balaban J connectivity index is 1.28. The lowest BCUT2D eigenvalue weighted by molar-refractivity contribution is -0.384. The fourth-order valence-electron chi connectivity index (χ4n) is 9.30. The highest BCUT2D eigenvalue weighted by Crippen LogP contribution is 2.51. The molecule has 12 heteroatoms. The SMILES string of the molecule is CC/C(=C\c1cc(I)c(O)c(OC)c1)CC[C@H]1OC[C@H]2C1=C(CO[Si](c1ccccc1)(c1ccccc1)C(C)(C)C)C[C@H]1C(=O)N(c3cccc([N+](=O)[O-])c3)C(=O)[C@H]12. The van der Waals surface area contributed by atoms with Crippen molar-refractivity contribution in [2.24, 2.45) is 17.8 Å². The van der Waals surface area contributed by atoms with Gasteiger partial charge >= 0.3 is 0 Å². The number of methoxy groups -OCH3 is 1. The fraction of sp³-hybridized carbons (Fsp3) is 0.348. The predicted molar refractivity (Wildman–Crippen MR) is 236 cm³/mol. The van der Waals surface area contributed by atoms with Crippen LogP contribution in [0.3, 0.4) is 0 Å². The largest absolute Gasteiger partial charge is 0.504 e. The van der Waals surface area contributed by atoms with Crippen molar-refractivity contribution in [1.29, 1.82) is 0 Å². The number of nitrogens with zero attached hydrogens (tertiary/aromatic N) is 2. The van der Waals surface area contributed by atoms with E-state index in [9.17, 15) is 24.8 Å². The zero-order valence-electron chi connectivity index (χ0n) is 33.4. The summed E-state index contributed by atoms with van der Waals surface area (Å²) in [5.41, 5.74) is 4.17. The molecule has 0 unspecified atom stereocenters. The molecule has 4 atom stereocenters. The number of imide groups is 1. The van der Waals surface area contributed by atoms with E-state index in [0.29, 0.717) is 22.2 Å². The number of nitro benzene ring substituents is 1. The molecule has 0 radical (unpaired) electrons. The van der Waals surface area contributed by atoms with Gasteiger partial charge in [0.15, 0.2) is 11.5 Å². The number of carbonyl (C=O) groups is 2. The van der Waals surface area contributed by atoms with Gasteiger partial charge in [0.2, 0.25) is 11.8 Å². The van der Waals surface area contributed by atoms with Crippen molar-refractivity contribution in [3.63, 3.8) is 0 Å². The lowest BCUT2D eigenvalue weighted by Crippen LogP contribution is -2.66. The maximum Gasteiger partial charge on any atom is 0.271 e. The van der Waals surface area contributed by atoms with E-state index in [1.807, 2.05) is 24.3 Å². The molecule has 2 fully saturated rings. The van der Waals surface area contributed by atoms with Gasteiger partial charge in [0.05, 0.1) is 52.4 Å². The van der Waals surface area contributed by atoms with Crippen LogP contribution in [0.15, 0.2) is 114 Å². The number of fused-ring (bicyclic) bond motifs is 3. The summed E-state index contributed by atoms with van der Waals surface area (Å²) in [6.45, 7) is 9.37. The molecule has 4 aromatic rings. The molecule has 2 amide bonds. The minimum Gasteiger partial charge on any atom is -0.504 e. The van der Waals surface area contributed by atoms with E-state index >= 15 is 0 Å². The van der Waals surface area contributed by atoms with Crippen LogP contribution in [0.2, 0.25) is 5.04 Å². The van der Waals surface area contributed by atoms with E-state index in [-0.39, 0.29) is 59.2 Å². The highest BCUT2D eigenvalue weighted by molar-refractivity contribution is 14.1. The number of non-ortho nitro benzene ring substituents is 1. The second kappa shape index (κ2) is 16.9. The Morgan fingerprint density at radius 1 is 0.983 bits per heavy atom. The summed E-state index contributed by atoms with van der Waals surface area (Å²) in [4.78, 5) is 41.1. The smallest absolute Gasteiger partial charge is 0.271 e. The summed E-state index contributed by atoms with van der Waals surface area (Å²) in [5.74, 6) is -1.83. The third-order valence-corrected chi connectivity index (χ3v) is 17.8. The van der Waals surface area contributed by atoms with Crippen LogP contribution < -0.4 is 20.0 Å². The first-order valence-electron chi connectivity index (χ1n) is 19.8. The van der Waals surface area contributed by atoms with Gasteiger partial charge in [-0.25, -0.2) is 4.90 Å². The third-order valence-electron chi connectivity index (χ3n) is 12.0. The molecule has 2 saturated heterocycles. The lowest BCUT2D eigenvalue weighted by atomic mass is 9.69. The minimum absolute atomic E-state index is 0.114. The van der Waals surface area contributed by atoms with Crippen LogP contribution in [0.5, 0.6) is 11.5 Å². The third kappa shape index (κ3) is 7.67. The van der Waals surface area contributed by atoms with E-state index in [2.05, 4.69) is 105 Å². The monoisotopic (exact) mass is 912 g/mol. The number of phenolic OH excluding ortho intramolecular Hbond substituents is 1. The molecular weight excluding hydrogens is 864 g/mol. The molecule has 10 nitrogen and oxygen atoms in total. The Morgan fingerprint density at radius 3 is 2.26 bits per heavy atom. The number of aromatic hydroxyl groups is 1. The molecule has 2 heterocycles. The quantitative estimate of drug-likeness (QED) is 0.0353. The highest BCUT2D eigenvalue weighted by Gasteiger charge is 2.58. The first-order chi connectivity index (χ1) is 27.8. The Kier molecular flexibility index (Phi) is 12.1. The summed E-state index contributed by atoms with van der Waals surface area (Å²) in [5, 5.41) is 24.1.